The van der Waals surface area contributed by atoms with E-state index in [1.54, 1.807) is 0 Å². The van der Waals surface area contributed by atoms with E-state index in [9.17, 15) is 4.79 Å². The van der Waals surface area contributed by atoms with Gasteiger partial charge in [0.25, 0.3) is 0 Å². The SMILES string of the molecule is CCCCCCCC(=O)C1CCOC2(CCSCC2)C1. The summed E-state index contributed by atoms with van der Waals surface area (Å²) in [6.07, 6.45) is 11.3. The lowest BCUT2D eigenvalue weighted by Crippen LogP contribution is -2.44. The van der Waals surface area contributed by atoms with Crippen molar-refractivity contribution in [1.82, 2.24) is 0 Å². The van der Waals surface area contributed by atoms with Gasteiger partial charge >= 0.3 is 0 Å². The number of carbonyl (C=O) groups is 1. The fourth-order valence-corrected chi connectivity index (χ4v) is 4.74. The lowest BCUT2D eigenvalue weighted by molar-refractivity contribution is -0.138. The number of Topliss-reactive ketones (excluding diaryl/α,β-unsaturated/α-hetero) is 1. The van der Waals surface area contributed by atoms with Crippen molar-refractivity contribution in [3.05, 3.63) is 0 Å². The Bertz CT molecular complexity index is 292. The van der Waals surface area contributed by atoms with Crippen LogP contribution in [0.5, 0.6) is 0 Å². The van der Waals surface area contributed by atoms with Crippen LogP contribution in [-0.4, -0.2) is 29.5 Å². The maximum atomic E-state index is 12.4. The third-order valence-corrected chi connectivity index (χ3v) is 5.86. The van der Waals surface area contributed by atoms with Crippen molar-refractivity contribution in [2.75, 3.05) is 18.1 Å². The number of carbonyl (C=O) groups excluding carboxylic acids is 1. The molecule has 2 heterocycles. The normalized spacial score (nSPS) is 25.8. The fourth-order valence-electron chi connectivity index (χ4n) is 3.50. The maximum absolute atomic E-state index is 12.4. The van der Waals surface area contributed by atoms with E-state index < -0.39 is 0 Å². The zero-order chi connectivity index (χ0) is 14.3. The summed E-state index contributed by atoms with van der Waals surface area (Å²) in [7, 11) is 0. The van der Waals surface area contributed by atoms with E-state index in [-0.39, 0.29) is 11.5 Å². The van der Waals surface area contributed by atoms with Gasteiger partial charge in [0, 0.05) is 18.9 Å². The molecule has 0 aromatic carbocycles. The van der Waals surface area contributed by atoms with E-state index in [0.717, 1.165) is 45.1 Å². The standard InChI is InChI=1S/C17H30O2S/c1-2-3-4-5-6-7-16(18)15-8-11-19-17(14-15)9-12-20-13-10-17/h15H,2-14H2,1H3. The summed E-state index contributed by atoms with van der Waals surface area (Å²) >= 11 is 2.03. The van der Waals surface area contributed by atoms with Crippen molar-refractivity contribution in [3.63, 3.8) is 0 Å². The molecule has 2 saturated heterocycles. The maximum Gasteiger partial charge on any atom is 0.136 e. The molecule has 2 rings (SSSR count). The molecule has 0 aliphatic carbocycles. The number of hydrogen-bond donors (Lipinski definition) is 0. The second kappa shape index (κ2) is 8.43. The molecule has 1 spiro atoms. The molecule has 2 aliphatic heterocycles. The van der Waals surface area contributed by atoms with E-state index >= 15 is 0 Å². The van der Waals surface area contributed by atoms with Gasteiger partial charge in [-0.3, -0.25) is 4.79 Å². The van der Waals surface area contributed by atoms with Crippen LogP contribution in [-0.2, 0) is 9.53 Å². The first-order valence-corrected chi connectivity index (χ1v) is 9.66. The van der Waals surface area contributed by atoms with Gasteiger partial charge in [-0.05, 0) is 43.6 Å². The molecule has 0 radical (unpaired) electrons. The van der Waals surface area contributed by atoms with Gasteiger partial charge in [0.15, 0.2) is 0 Å². The third-order valence-electron chi connectivity index (χ3n) is 4.88. The molecule has 20 heavy (non-hydrogen) atoms. The van der Waals surface area contributed by atoms with E-state index in [0.29, 0.717) is 5.78 Å². The molecule has 116 valence electrons. The predicted octanol–water partition coefficient (Wildman–Crippen LogP) is 4.61. The Labute approximate surface area is 128 Å². The number of thioether (sulfide) groups is 1. The molecule has 2 nitrogen and oxygen atoms in total. The van der Waals surface area contributed by atoms with Crippen LogP contribution in [0.25, 0.3) is 0 Å². The minimum absolute atomic E-state index is 0.0615. The molecule has 0 aromatic rings. The lowest BCUT2D eigenvalue weighted by Gasteiger charge is -2.43. The topological polar surface area (TPSA) is 26.3 Å². The first-order chi connectivity index (χ1) is 9.76. The molecule has 2 aliphatic rings. The van der Waals surface area contributed by atoms with E-state index in [1.807, 2.05) is 11.8 Å². The van der Waals surface area contributed by atoms with Gasteiger partial charge in [0.1, 0.15) is 5.78 Å². The number of rotatable bonds is 7. The number of unbranched alkanes of at least 4 members (excludes halogenated alkanes) is 4. The summed E-state index contributed by atoms with van der Waals surface area (Å²) in [5.74, 6) is 3.22. The average molecular weight is 298 g/mol. The number of hydrogen-bond acceptors (Lipinski definition) is 3. The van der Waals surface area contributed by atoms with Crippen LogP contribution < -0.4 is 0 Å². The number of ether oxygens (including phenoxy) is 1. The van der Waals surface area contributed by atoms with Crippen LogP contribution >= 0.6 is 11.8 Å². The van der Waals surface area contributed by atoms with Gasteiger partial charge in [-0.2, -0.15) is 11.8 Å². The zero-order valence-electron chi connectivity index (χ0n) is 13.0. The van der Waals surface area contributed by atoms with Gasteiger partial charge in [0.2, 0.25) is 0 Å². The highest BCUT2D eigenvalue weighted by molar-refractivity contribution is 7.99. The minimum Gasteiger partial charge on any atom is -0.375 e. The van der Waals surface area contributed by atoms with Gasteiger partial charge in [0.05, 0.1) is 5.60 Å². The van der Waals surface area contributed by atoms with Gasteiger partial charge in [-0.25, -0.2) is 0 Å². The summed E-state index contributed by atoms with van der Waals surface area (Å²) in [6.45, 7) is 3.03. The quantitative estimate of drug-likeness (QED) is 0.642. The van der Waals surface area contributed by atoms with Gasteiger partial charge < -0.3 is 4.74 Å². The molecule has 0 amide bonds. The molecule has 0 N–H and O–H groups in total. The lowest BCUT2D eigenvalue weighted by atomic mass is 9.79. The molecular weight excluding hydrogens is 268 g/mol. The number of ketones is 1. The first-order valence-electron chi connectivity index (χ1n) is 8.50. The minimum atomic E-state index is 0.0615. The Morgan fingerprint density at radius 1 is 1.20 bits per heavy atom. The van der Waals surface area contributed by atoms with Crippen LogP contribution in [0.4, 0.5) is 0 Å². The smallest absolute Gasteiger partial charge is 0.136 e. The Hall–Kier alpha value is -0.0200. The predicted molar refractivity (Wildman–Crippen MR) is 86.3 cm³/mol. The molecule has 1 unspecified atom stereocenters. The van der Waals surface area contributed by atoms with Crippen LogP contribution in [0.1, 0.15) is 71.1 Å². The zero-order valence-corrected chi connectivity index (χ0v) is 13.8. The molecule has 0 saturated carbocycles. The summed E-state index contributed by atoms with van der Waals surface area (Å²) < 4.78 is 6.08. The molecule has 1 atom stereocenters. The second-order valence-corrected chi connectivity index (χ2v) is 7.69. The fraction of sp³-hybridized carbons (Fsp3) is 0.941. The van der Waals surface area contributed by atoms with Crippen molar-refractivity contribution in [1.29, 1.82) is 0 Å². The Morgan fingerprint density at radius 2 is 1.95 bits per heavy atom. The van der Waals surface area contributed by atoms with Crippen molar-refractivity contribution in [3.8, 4) is 0 Å². The van der Waals surface area contributed by atoms with Crippen LogP contribution in [0.15, 0.2) is 0 Å². The largest absolute Gasteiger partial charge is 0.375 e. The molecule has 0 bridgehead atoms. The van der Waals surface area contributed by atoms with Crippen molar-refractivity contribution in [2.45, 2.75) is 76.7 Å². The monoisotopic (exact) mass is 298 g/mol. The second-order valence-electron chi connectivity index (χ2n) is 6.46. The first kappa shape index (κ1) is 16.4. The van der Waals surface area contributed by atoms with E-state index in [4.69, 9.17) is 4.74 Å². The Morgan fingerprint density at radius 3 is 2.70 bits per heavy atom. The van der Waals surface area contributed by atoms with E-state index in [2.05, 4.69) is 6.92 Å². The summed E-state index contributed by atoms with van der Waals surface area (Å²) in [5, 5.41) is 0. The molecular formula is C17H30O2S. The van der Waals surface area contributed by atoms with Crippen molar-refractivity contribution in [2.24, 2.45) is 5.92 Å². The van der Waals surface area contributed by atoms with Crippen LogP contribution in [0, 0.1) is 5.92 Å². The summed E-state index contributed by atoms with van der Waals surface area (Å²) in [6, 6.07) is 0. The van der Waals surface area contributed by atoms with Crippen molar-refractivity contribution < 1.29 is 9.53 Å². The van der Waals surface area contributed by atoms with E-state index in [1.165, 1.54) is 37.2 Å². The van der Waals surface area contributed by atoms with Gasteiger partial charge in [-0.1, -0.05) is 32.6 Å². The Balaban J connectivity index is 1.72. The van der Waals surface area contributed by atoms with Crippen LogP contribution in [0.3, 0.4) is 0 Å². The molecule has 3 heteroatoms. The highest BCUT2D eigenvalue weighted by Gasteiger charge is 2.40. The molecule has 2 fully saturated rings. The molecule has 0 aromatic heterocycles. The Kier molecular flexibility index (Phi) is 6.89. The summed E-state index contributed by atoms with van der Waals surface area (Å²) in [5.41, 5.74) is 0.0615. The van der Waals surface area contributed by atoms with Crippen LogP contribution in [0.2, 0.25) is 0 Å². The average Bonchev–Trinajstić information content (AvgIpc) is 2.48. The highest BCUT2D eigenvalue weighted by atomic mass is 32.2. The summed E-state index contributed by atoms with van der Waals surface area (Å²) in [4.78, 5) is 12.4. The third kappa shape index (κ3) is 4.77. The van der Waals surface area contributed by atoms with Gasteiger partial charge in [-0.15, -0.1) is 0 Å². The van der Waals surface area contributed by atoms with Crippen molar-refractivity contribution >= 4 is 17.5 Å². The highest BCUT2D eigenvalue weighted by Crippen LogP contribution is 2.40.